The number of primary sulfonamides is 1. The summed E-state index contributed by atoms with van der Waals surface area (Å²) in [6.07, 6.45) is 1.22. The molecule has 20 heavy (non-hydrogen) atoms. The second kappa shape index (κ2) is 5.17. The van der Waals surface area contributed by atoms with Gasteiger partial charge < -0.3 is 5.32 Å². The van der Waals surface area contributed by atoms with E-state index in [1.165, 1.54) is 24.2 Å². The quantitative estimate of drug-likeness (QED) is 0.728. The molecule has 1 fully saturated rings. The molecular formula is C11H14N4O4S. The summed E-state index contributed by atoms with van der Waals surface area (Å²) >= 11 is 0. The fraction of sp³-hybridized carbons (Fsp3) is 0.364. The highest BCUT2D eigenvalue weighted by Crippen LogP contribution is 2.25. The molecule has 8 nitrogen and oxygen atoms in total. The largest absolute Gasteiger partial charge is 0.355 e. The number of pyridine rings is 1. The molecule has 0 aromatic carbocycles. The van der Waals surface area contributed by atoms with E-state index in [4.69, 9.17) is 5.14 Å². The van der Waals surface area contributed by atoms with Crippen molar-refractivity contribution in [3.8, 4) is 0 Å². The Morgan fingerprint density at radius 3 is 2.80 bits per heavy atom. The molecule has 1 atom stereocenters. The molecule has 1 unspecified atom stereocenters. The first-order valence-corrected chi connectivity index (χ1v) is 7.44. The number of aromatic nitrogens is 1. The van der Waals surface area contributed by atoms with Gasteiger partial charge in [-0.15, -0.1) is 0 Å². The first-order chi connectivity index (χ1) is 9.34. The minimum atomic E-state index is -3.81. The third-order valence-corrected chi connectivity index (χ3v) is 4.31. The third-order valence-electron chi connectivity index (χ3n) is 3.07. The lowest BCUT2D eigenvalue weighted by molar-refractivity contribution is -0.117. The Hall–Kier alpha value is -2.00. The van der Waals surface area contributed by atoms with Crippen molar-refractivity contribution in [1.82, 2.24) is 10.3 Å². The lowest BCUT2D eigenvalue weighted by Crippen LogP contribution is -2.33. The van der Waals surface area contributed by atoms with Gasteiger partial charge in [-0.2, -0.15) is 0 Å². The van der Waals surface area contributed by atoms with Gasteiger partial charge in [-0.3, -0.25) is 14.5 Å². The molecule has 1 aromatic heterocycles. The molecule has 9 heteroatoms. The number of sulfonamides is 1. The van der Waals surface area contributed by atoms with Gasteiger partial charge in [0.2, 0.25) is 15.9 Å². The second-order valence-corrected chi connectivity index (χ2v) is 6.22. The van der Waals surface area contributed by atoms with E-state index >= 15 is 0 Å². The van der Waals surface area contributed by atoms with E-state index in [-0.39, 0.29) is 24.3 Å². The highest BCUT2D eigenvalue weighted by molar-refractivity contribution is 7.89. The van der Waals surface area contributed by atoms with Crippen molar-refractivity contribution in [2.24, 2.45) is 5.14 Å². The molecule has 0 radical (unpaired) electrons. The van der Waals surface area contributed by atoms with Crippen LogP contribution in [0.3, 0.4) is 0 Å². The summed E-state index contributed by atoms with van der Waals surface area (Å²) < 4.78 is 22.7. The molecule has 1 saturated heterocycles. The van der Waals surface area contributed by atoms with E-state index in [1.54, 1.807) is 6.07 Å². The van der Waals surface area contributed by atoms with Crippen LogP contribution in [0.4, 0.5) is 5.82 Å². The van der Waals surface area contributed by atoms with Crippen LogP contribution in [0.1, 0.15) is 16.8 Å². The van der Waals surface area contributed by atoms with Crippen LogP contribution in [-0.2, 0) is 14.8 Å². The first-order valence-electron chi connectivity index (χ1n) is 5.83. The normalized spacial score (nSPS) is 19.2. The standard InChI is InChI=1S/C11H14N4O4S/c1-13-11(17)8-3-2-4-14-10(8)15-6-7(5-9(15)16)20(12,18)19/h2-4,7H,5-6H2,1H3,(H,13,17)(H2,12,18,19). The maximum Gasteiger partial charge on any atom is 0.254 e. The van der Waals surface area contributed by atoms with Crippen molar-refractivity contribution in [3.63, 3.8) is 0 Å². The van der Waals surface area contributed by atoms with E-state index in [0.717, 1.165) is 0 Å². The van der Waals surface area contributed by atoms with Crippen molar-refractivity contribution in [3.05, 3.63) is 23.9 Å². The smallest absolute Gasteiger partial charge is 0.254 e. The minimum Gasteiger partial charge on any atom is -0.355 e. The molecule has 0 bridgehead atoms. The van der Waals surface area contributed by atoms with Gasteiger partial charge in [0, 0.05) is 26.2 Å². The molecule has 108 valence electrons. The van der Waals surface area contributed by atoms with Gasteiger partial charge in [0.15, 0.2) is 0 Å². The van der Waals surface area contributed by atoms with Gasteiger partial charge in [0.05, 0.1) is 5.56 Å². The van der Waals surface area contributed by atoms with E-state index in [2.05, 4.69) is 10.3 Å². The van der Waals surface area contributed by atoms with E-state index in [0.29, 0.717) is 0 Å². The summed E-state index contributed by atoms with van der Waals surface area (Å²) in [5.41, 5.74) is 0.207. The van der Waals surface area contributed by atoms with Gasteiger partial charge >= 0.3 is 0 Å². The molecule has 0 aliphatic carbocycles. The number of nitrogens with two attached hydrogens (primary N) is 1. The van der Waals surface area contributed by atoms with Crippen LogP contribution in [0.2, 0.25) is 0 Å². The number of nitrogens with zero attached hydrogens (tertiary/aromatic N) is 2. The monoisotopic (exact) mass is 298 g/mol. The Bertz CT molecular complexity index is 658. The van der Waals surface area contributed by atoms with Gasteiger partial charge in [-0.05, 0) is 12.1 Å². The van der Waals surface area contributed by atoms with Crippen molar-refractivity contribution in [1.29, 1.82) is 0 Å². The number of anilines is 1. The van der Waals surface area contributed by atoms with Crippen molar-refractivity contribution >= 4 is 27.7 Å². The summed E-state index contributed by atoms with van der Waals surface area (Å²) in [6.45, 7) is -0.0985. The molecular weight excluding hydrogens is 284 g/mol. The molecule has 0 spiro atoms. The Morgan fingerprint density at radius 1 is 1.55 bits per heavy atom. The summed E-state index contributed by atoms with van der Waals surface area (Å²) in [7, 11) is -2.35. The molecule has 2 amide bonds. The number of amides is 2. The Kier molecular flexibility index (Phi) is 3.73. The van der Waals surface area contributed by atoms with Gasteiger partial charge in [0.25, 0.3) is 5.91 Å². The number of nitrogens with one attached hydrogen (secondary N) is 1. The topological polar surface area (TPSA) is 122 Å². The first kappa shape index (κ1) is 14.4. The predicted octanol–water partition coefficient (Wildman–Crippen LogP) is -1.16. The zero-order valence-corrected chi connectivity index (χ0v) is 11.6. The molecule has 2 rings (SSSR count). The van der Waals surface area contributed by atoms with Gasteiger partial charge in [0.1, 0.15) is 11.1 Å². The zero-order valence-electron chi connectivity index (χ0n) is 10.7. The number of carbonyl (C=O) groups is 2. The minimum absolute atomic E-state index is 0.0985. The fourth-order valence-corrected chi connectivity index (χ4v) is 2.76. The number of rotatable bonds is 3. The summed E-state index contributed by atoms with van der Waals surface area (Å²) in [6, 6.07) is 3.07. The van der Waals surface area contributed by atoms with Crippen LogP contribution in [-0.4, -0.2) is 44.1 Å². The van der Waals surface area contributed by atoms with Crippen LogP contribution < -0.4 is 15.4 Å². The Morgan fingerprint density at radius 2 is 2.25 bits per heavy atom. The molecule has 1 aliphatic heterocycles. The highest BCUT2D eigenvalue weighted by atomic mass is 32.2. The van der Waals surface area contributed by atoms with Crippen molar-refractivity contribution < 1.29 is 18.0 Å². The SMILES string of the molecule is CNC(=O)c1cccnc1N1CC(S(N)(=O)=O)CC1=O. The van der Waals surface area contributed by atoms with Gasteiger partial charge in [-0.1, -0.05) is 0 Å². The van der Waals surface area contributed by atoms with E-state index in [9.17, 15) is 18.0 Å². The average Bonchev–Trinajstić information content (AvgIpc) is 2.80. The van der Waals surface area contributed by atoms with Crippen LogP contribution in [0, 0.1) is 0 Å². The maximum absolute atomic E-state index is 11.9. The Balaban J connectivity index is 2.38. The predicted molar refractivity (Wildman–Crippen MR) is 71.5 cm³/mol. The zero-order chi connectivity index (χ0) is 14.9. The van der Waals surface area contributed by atoms with Crippen LogP contribution in [0.25, 0.3) is 0 Å². The van der Waals surface area contributed by atoms with Crippen LogP contribution in [0.15, 0.2) is 18.3 Å². The lowest BCUT2D eigenvalue weighted by Gasteiger charge is -2.17. The molecule has 3 N–H and O–H groups in total. The van der Waals surface area contributed by atoms with Crippen LogP contribution >= 0.6 is 0 Å². The van der Waals surface area contributed by atoms with E-state index in [1.807, 2.05) is 0 Å². The average molecular weight is 298 g/mol. The number of hydrogen-bond acceptors (Lipinski definition) is 5. The molecule has 0 saturated carbocycles. The number of hydrogen-bond donors (Lipinski definition) is 2. The maximum atomic E-state index is 11.9. The van der Waals surface area contributed by atoms with E-state index < -0.39 is 27.1 Å². The van der Waals surface area contributed by atoms with Gasteiger partial charge in [-0.25, -0.2) is 18.5 Å². The summed E-state index contributed by atoms with van der Waals surface area (Å²) in [4.78, 5) is 28.9. The summed E-state index contributed by atoms with van der Waals surface area (Å²) in [5, 5.41) is 6.53. The van der Waals surface area contributed by atoms with Crippen LogP contribution in [0.5, 0.6) is 0 Å². The number of carbonyl (C=O) groups excluding carboxylic acids is 2. The molecule has 2 heterocycles. The molecule has 1 aromatic rings. The highest BCUT2D eigenvalue weighted by Gasteiger charge is 2.38. The third kappa shape index (κ3) is 2.63. The van der Waals surface area contributed by atoms with Crippen molar-refractivity contribution in [2.75, 3.05) is 18.5 Å². The Labute approximate surface area is 116 Å². The molecule has 1 aliphatic rings. The van der Waals surface area contributed by atoms with Crippen molar-refractivity contribution in [2.45, 2.75) is 11.7 Å². The summed E-state index contributed by atoms with van der Waals surface area (Å²) in [5.74, 6) is -0.684. The lowest BCUT2D eigenvalue weighted by atomic mass is 10.2. The fourth-order valence-electron chi connectivity index (χ4n) is 2.02. The second-order valence-electron chi connectivity index (χ2n) is 4.37.